The van der Waals surface area contributed by atoms with Crippen LogP contribution in [0.25, 0.3) is 5.70 Å². The van der Waals surface area contributed by atoms with E-state index in [2.05, 4.69) is 21.9 Å². The summed E-state index contributed by atoms with van der Waals surface area (Å²) in [6.45, 7) is 11.8. The van der Waals surface area contributed by atoms with Gasteiger partial charge in [-0.2, -0.15) is 0 Å². The van der Waals surface area contributed by atoms with Crippen LogP contribution in [0.15, 0.2) is 30.8 Å². The second kappa shape index (κ2) is 7.77. The van der Waals surface area contributed by atoms with Gasteiger partial charge < -0.3 is 16.0 Å². The first kappa shape index (κ1) is 17.7. The Balaban J connectivity index is 2.03. The maximum absolute atomic E-state index is 14.1. The van der Waals surface area contributed by atoms with Gasteiger partial charge in [0.15, 0.2) is 0 Å². The standard InChI is InChI=1S/C18H24FN5/c1-5-24(13(3)18-15(19)7-6-8-16(18)20)10-9-21-17-11-12(2)22-14(4)23-17/h6-8,11H,3,5,9-10,20H2,1-2,4H3,(H,21,22,23). The average Bonchev–Trinajstić information content (AvgIpc) is 2.50. The highest BCUT2D eigenvalue weighted by atomic mass is 19.1. The van der Waals surface area contributed by atoms with Gasteiger partial charge in [-0.3, -0.25) is 0 Å². The molecule has 1 aromatic carbocycles. The van der Waals surface area contributed by atoms with Crippen LogP contribution < -0.4 is 11.1 Å². The summed E-state index contributed by atoms with van der Waals surface area (Å²) < 4.78 is 14.1. The molecule has 0 radical (unpaired) electrons. The molecule has 0 aliphatic rings. The van der Waals surface area contributed by atoms with Crippen molar-refractivity contribution in [1.82, 2.24) is 14.9 Å². The molecule has 0 atom stereocenters. The van der Waals surface area contributed by atoms with Crippen LogP contribution in [0, 0.1) is 19.7 Å². The van der Waals surface area contributed by atoms with E-state index in [9.17, 15) is 4.39 Å². The summed E-state index contributed by atoms with van der Waals surface area (Å²) in [7, 11) is 0. The number of benzene rings is 1. The van der Waals surface area contributed by atoms with Gasteiger partial charge in [0, 0.05) is 42.8 Å². The van der Waals surface area contributed by atoms with Gasteiger partial charge in [0.05, 0.1) is 5.56 Å². The van der Waals surface area contributed by atoms with Gasteiger partial charge in [-0.05, 0) is 32.9 Å². The number of aryl methyl sites for hydroxylation is 2. The van der Waals surface area contributed by atoms with E-state index in [-0.39, 0.29) is 5.82 Å². The average molecular weight is 329 g/mol. The number of nitrogens with one attached hydrogen (secondary N) is 1. The number of hydrogen-bond acceptors (Lipinski definition) is 5. The van der Waals surface area contributed by atoms with Gasteiger partial charge in [-0.25, -0.2) is 14.4 Å². The Morgan fingerprint density at radius 2 is 2.08 bits per heavy atom. The lowest BCUT2D eigenvalue weighted by molar-refractivity contribution is 0.431. The van der Waals surface area contributed by atoms with Crippen LogP contribution in [-0.2, 0) is 0 Å². The van der Waals surface area contributed by atoms with Gasteiger partial charge in [0.25, 0.3) is 0 Å². The number of nitrogens with two attached hydrogens (primary N) is 1. The van der Waals surface area contributed by atoms with Crippen molar-refractivity contribution >= 4 is 17.2 Å². The number of aromatic nitrogens is 2. The SMILES string of the molecule is C=C(c1c(N)cccc1F)N(CC)CCNc1cc(C)nc(C)n1. The van der Waals surface area contributed by atoms with Gasteiger partial charge in [0.2, 0.25) is 0 Å². The molecule has 0 saturated carbocycles. The third kappa shape index (κ3) is 4.22. The van der Waals surface area contributed by atoms with Crippen molar-refractivity contribution in [2.24, 2.45) is 0 Å². The first-order chi connectivity index (χ1) is 11.4. The zero-order valence-corrected chi connectivity index (χ0v) is 14.4. The normalized spacial score (nSPS) is 10.5. The quantitative estimate of drug-likeness (QED) is 0.764. The topological polar surface area (TPSA) is 67.1 Å². The van der Waals surface area contributed by atoms with E-state index < -0.39 is 0 Å². The van der Waals surface area contributed by atoms with Crippen LogP contribution in [0.5, 0.6) is 0 Å². The minimum Gasteiger partial charge on any atom is -0.398 e. The lowest BCUT2D eigenvalue weighted by atomic mass is 10.1. The number of halogens is 1. The third-order valence-corrected chi connectivity index (χ3v) is 3.75. The fraction of sp³-hybridized carbons (Fsp3) is 0.333. The largest absolute Gasteiger partial charge is 0.398 e. The molecule has 0 unspecified atom stereocenters. The molecule has 0 saturated heterocycles. The maximum Gasteiger partial charge on any atom is 0.134 e. The summed E-state index contributed by atoms with van der Waals surface area (Å²) in [5.74, 6) is 1.16. The molecule has 0 aliphatic heterocycles. The number of nitrogen functional groups attached to an aromatic ring is 1. The predicted molar refractivity (Wildman–Crippen MR) is 97.1 cm³/mol. The van der Waals surface area contributed by atoms with Gasteiger partial charge in [-0.1, -0.05) is 12.6 Å². The summed E-state index contributed by atoms with van der Waals surface area (Å²) in [5.41, 5.74) is 8.18. The highest BCUT2D eigenvalue weighted by Crippen LogP contribution is 2.26. The monoisotopic (exact) mass is 329 g/mol. The first-order valence-corrected chi connectivity index (χ1v) is 7.96. The minimum atomic E-state index is -0.353. The smallest absolute Gasteiger partial charge is 0.134 e. The van der Waals surface area contributed by atoms with Crippen LogP contribution in [0.1, 0.15) is 24.0 Å². The van der Waals surface area contributed by atoms with E-state index in [1.54, 1.807) is 12.1 Å². The summed E-state index contributed by atoms with van der Waals surface area (Å²) >= 11 is 0. The molecular weight excluding hydrogens is 305 g/mol. The van der Waals surface area contributed by atoms with Crippen LogP contribution in [0.3, 0.4) is 0 Å². The molecule has 3 N–H and O–H groups in total. The second-order valence-electron chi connectivity index (χ2n) is 5.60. The molecule has 0 amide bonds. The van der Waals surface area contributed by atoms with Crippen LogP contribution in [0.2, 0.25) is 0 Å². The molecule has 0 bridgehead atoms. The molecule has 2 aromatic rings. The van der Waals surface area contributed by atoms with E-state index in [0.29, 0.717) is 36.6 Å². The maximum atomic E-state index is 14.1. The van der Waals surface area contributed by atoms with Gasteiger partial charge >= 0.3 is 0 Å². The summed E-state index contributed by atoms with van der Waals surface area (Å²) in [4.78, 5) is 10.6. The van der Waals surface area contributed by atoms with E-state index in [1.807, 2.05) is 31.7 Å². The Labute approximate surface area is 142 Å². The third-order valence-electron chi connectivity index (χ3n) is 3.75. The van der Waals surface area contributed by atoms with E-state index in [4.69, 9.17) is 5.73 Å². The molecule has 0 fully saturated rings. The van der Waals surface area contributed by atoms with Crippen molar-refractivity contribution in [2.75, 3.05) is 30.7 Å². The molecular formula is C18H24FN5. The highest BCUT2D eigenvalue weighted by Gasteiger charge is 2.15. The Morgan fingerprint density at radius 1 is 1.33 bits per heavy atom. The van der Waals surface area contributed by atoms with Crippen molar-refractivity contribution in [3.8, 4) is 0 Å². The van der Waals surface area contributed by atoms with Gasteiger partial charge in [0.1, 0.15) is 17.5 Å². The van der Waals surface area contributed by atoms with E-state index in [1.165, 1.54) is 6.07 Å². The number of likely N-dealkylation sites (N-methyl/N-ethyl adjacent to an activating group) is 1. The van der Waals surface area contributed by atoms with Crippen LogP contribution in [-0.4, -0.2) is 34.5 Å². The lowest BCUT2D eigenvalue weighted by Gasteiger charge is -2.26. The fourth-order valence-corrected chi connectivity index (χ4v) is 2.61. The zero-order valence-electron chi connectivity index (χ0n) is 14.4. The van der Waals surface area contributed by atoms with Crippen molar-refractivity contribution < 1.29 is 4.39 Å². The fourth-order valence-electron chi connectivity index (χ4n) is 2.61. The Bertz CT molecular complexity index is 689. The number of rotatable bonds is 7. The predicted octanol–water partition coefficient (Wildman–Crippen LogP) is 3.22. The van der Waals surface area contributed by atoms with Crippen molar-refractivity contribution in [1.29, 1.82) is 0 Å². The number of anilines is 2. The Kier molecular flexibility index (Phi) is 5.73. The van der Waals surface area contributed by atoms with Crippen molar-refractivity contribution in [2.45, 2.75) is 20.8 Å². The molecule has 0 spiro atoms. The first-order valence-electron chi connectivity index (χ1n) is 7.96. The summed E-state index contributed by atoms with van der Waals surface area (Å²) in [6.07, 6.45) is 0. The molecule has 1 heterocycles. The molecule has 5 nitrogen and oxygen atoms in total. The van der Waals surface area contributed by atoms with Gasteiger partial charge in [-0.15, -0.1) is 0 Å². The van der Waals surface area contributed by atoms with E-state index in [0.717, 1.165) is 17.3 Å². The van der Waals surface area contributed by atoms with Crippen molar-refractivity contribution in [3.63, 3.8) is 0 Å². The number of hydrogen-bond donors (Lipinski definition) is 2. The Hall–Kier alpha value is -2.63. The molecule has 0 aliphatic carbocycles. The van der Waals surface area contributed by atoms with E-state index >= 15 is 0 Å². The van der Waals surface area contributed by atoms with Crippen molar-refractivity contribution in [3.05, 3.63) is 53.7 Å². The zero-order chi connectivity index (χ0) is 17.7. The minimum absolute atomic E-state index is 0.353. The highest BCUT2D eigenvalue weighted by molar-refractivity contribution is 5.73. The Morgan fingerprint density at radius 3 is 2.71 bits per heavy atom. The molecule has 2 rings (SSSR count). The molecule has 6 heteroatoms. The summed E-state index contributed by atoms with van der Waals surface area (Å²) in [6, 6.07) is 6.57. The molecule has 1 aromatic heterocycles. The molecule has 24 heavy (non-hydrogen) atoms. The summed E-state index contributed by atoms with van der Waals surface area (Å²) in [5, 5.41) is 3.27. The second-order valence-corrected chi connectivity index (χ2v) is 5.60. The van der Waals surface area contributed by atoms with Crippen LogP contribution >= 0.6 is 0 Å². The van der Waals surface area contributed by atoms with Crippen LogP contribution in [0.4, 0.5) is 15.9 Å². The molecule has 128 valence electrons. The lowest BCUT2D eigenvalue weighted by Crippen LogP contribution is -2.28. The number of nitrogens with zero attached hydrogens (tertiary/aromatic N) is 3.